The molecule has 0 aliphatic carbocycles. The zero-order chi connectivity index (χ0) is 16.1. The number of nitrogens with one attached hydrogen (secondary N) is 2. The van der Waals surface area contributed by atoms with E-state index in [1.165, 1.54) is 17.0 Å². The van der Waals surface area contributed by atoms with Gasteiger partial charge < -0.3 is 10.6 Å². The third-order valence-corrected chi connectivity index (χ3v) is 4.94. The first-order valence-electron chi connectivity index (χ1n) is 6.81. The first kappa shape index (κ1) is 20.3. The highest BCUT2D eigenvalue weighted by Gasteiger charge is 2.07. The van der Waals surface area contributed by atoms with Crippen LogP contribution in [0.25, 0.3) is 0 Å². The highest BCUT2D eigenvalue weighted by molar-refractivity contribution is 14.0. The lowest BCUT2D eigenvalue weighted by atomic mass is 10.2. The van der Waals surface area contributed by atoms with E-state index in [9.17, 15) is 4.39 Å². The zero-order valence-electron chi connectivity index (χ0n) is 13.1. The van der Waals surface area contributed by atoms with Gasteiger partial charge in [0.1, 0.15) is 5.82 Å². The predicted molar refractivity (Wildman–Crippen MR) is 108 cm³/mol. The number of halogens is 3. The van der Waals surface area contributed by atoms with Crippen molar-refractivity contribution in [3.05, 3.63) is 49.6 Å². The van der Waals surface area contributed by atoms with E-state index in [0.29, 0.717) is 19.0 Å². The average Bonchev–Trinajstić information content (AvgIpc) is 2.80. The summed E-state index contributed by atoms with van der Waals surface area (Å²) < 4.78 is 14.1. The molecule has 4 nitrogen and oxygen atoms in total. The fourth-order valence-electron chi connectivity index (χ4n) is 1.98. The van der Waals surface area contributed by atoms with Crippen LogP contribution in [0.4, 0.5) is 4.39 Å². The van der Waals surface area contributed by atoms with E-state index >= 15 is 0 Å². The summed E-state index contributed by atoms with van der Waals surface area (Å²) in [4.78, 5) is 9.76. The van der Waals surface area contributed by atoms with Crippen LogP contribution in [0.15, 0.2) is 27.7 Å². The molecule has 0 unspecified atom stereocenters. The van der Waals surface area contributed by atoms with Crippen LogP contribution in [0.5, 0.6) is 0 Å². The maximum atomic E-state index is 13.3. The Bertz CT molecular complexity index is 690. The molecule has 0 saturated carbocycles. The van der Waals surface area contributed by atoms with Crippen molar-refractivity contribution in [3.8, 4) is 0 Å². The molecule has 0 bridgehead atoms. The minimum Gasteiger partial charge on any atom is -0.352 e. The highest BCUT2D eigenvalue weighted by Crippen LogP contribution is 2.18. The van der Waals surface area contributed by atoms with E-state index in [2.05, 4.69) is 36.5 Å². The van der Waals surface area contributed by atoms with Crippen molar-refractivity contribution in [2.75, 3.05) is 7.05 Å². The summed E-state index contributed by atoms with van der Waals surface area (Å²) in [5.74, 6) is 0.417. The van der Waals surface area contributed by atoms with Crippen LogP contribution < -0.4 is 10.6 Å². The Morgan fingerprint density at radius 2 is 2.00 bits per heavy atom. The monoisotopic (exact) mass is 512 g/mol. The van der Waals surface area contributed by atoms with Crippen molar-refractivity contribution in [2.45, 2.75) is 26.9 Å². The van der Waals surface area contributed by atoms with Crippen LogP contribution in [0.2, 0.25) is 0 Å². The van der Waals surface area contributed by atoms with Crippen molar-refractivity contribution >= 4 is 57.2 Å². The number of rotatable bonds is 4. The molecule has 0 fully saturated rings. The molecule has 23 heavy (non-hydrogen) atoms. The van der Waals surface area contributed by atoms with Gasteiger partial charge in [0, 0.05) is 22.9 Å². The Labute approximate surface area is 165 Å². The Balaban J connectivity index is 0.00000264. The molecule has 0 aliphatic heterocycles. The van der Waals surface area contributed by atoms with Crippen molar-refractivity contribution in [1.82, 2.24) is 15.6 Å². The van der Waals surface area contributed by atoms with E-state index in [4.69, 9.17) is 0 Å². The van der Waals surface area contributed by atoms with Crippen molar-refractivity contribution in [1.29, 1.82) is 0 Å². The molecule has 1 aromatic heterocycles. The minimum absolute atomic E-state index is 0. The zero-order valence-corrected chi connectivity index (χ0v) is 17.8. The van der Waals surface area contributed by atoms with E-state index in [0.717, 1.165) is 20.7 Å². The fraction of sp³-hybridized carbons (Fsp3) is 0.333. The third-order valence-electron chi connectivity index (χ3n) is 3.09. The van der Waals surface area contributed by atoms with E-state index in [-0.39, 0.29) is 29.8 Å². The normalized spacial score (nSPS) is 11.1. The number of aromatic nitrogens is 1. The molecule has 1 heterocycles. The summed E-state index contributed by atoms with van der Waals surface area (Å²) in [6.45, 7) is 5.15. The summed E-state index contributed by atoms with van der Waals surface area (Å²) in [5.41, 5.74) is 1.88. The lowest BCUT2D eigenvalue weighted by Crippen LogP contribution is -2.36. The number of thiazole rings is 1. The van der Waals surface area contributed by atoms with E-state index in [1.807, 2.05) is 13.8 Å². The molecule has 0 radical (unpaired) electrons. The van der Waals surface area contributed by atoms with Gasteiger partial charge in [0.2, 0.25) is 0 Å². The smallest absolute Gasteiger partial charge is 0.191 e. The summed E-state index contributed by atoms with van der Waals surface area (Å²) in [6, 6.07) is 4.63. The molecule has 2 N–H and O–H groups in total. The van der Waals surface area contributed by atoms with E-state index in [1.54, 1.807) is 24.5 Å². The molecule has 2 rings (SSSR count). The largest absolute Gasteiger partial charge is 0.352 e. The molecule has 0 atom stereocenters. The van der Waals surface area contributed by atoms with Crippen molar-refractivity contribution < 1.29 is 4.39 Å². The van der Waals surface area contributed by atoms with Crippen LogP contribution >= 0.6 is 51.2 Å². The summed E-state index contributed by atoms with van der Waals surface area (Å²) in [6.07, 6.45) is 0. The second-order valence-electron chi connectivity index (χ2n) is 4.76. The molecule has 2 aromatic rings. The van der Waals surface area contributed by atoms with Crippen LogP contribution in [0, 0.1) is 19.7 Å². The lowest BCUT2D eigenvalue weighted by molar-refractivity contribution is 0.624. The number of hydrogen-bond donors (Lipinski definition) is 2. The van der Waals surface area contributed by atoms with Gasteiger partial charge in [-0.05, 0) is 37.6 Å². The standard InChI is InChI=1S/C15H18BrFN4S.HI/c1-9-14(22-10(2)21-9)8-20-15(18-3)19-7-11-6-12(17)4-5-13(11)16;/h4-6H,7-8H2,1-3H3,(H2,18,19,20);1H. The van der Waals surface area contributed by atoms with Gasteiger partial charge in [-0.15, -0.1) is 35.3 Å². The summed E-state index contributed by atoms with van der Waals surface area (Å²) >= 11 is 5.09. The molecule has 0 amide bonds. The molecule has 8 heteroatoms. The van der Waals surface area contributed by atoms with Gasteiger partial charge in [-0.2, -0.15) is 0 Å². The quantitative estimate of drug-likeness (QED) is 0.367. The van der Waals surface area contributed by atoms with Gasteiger partial charge in [-0.3, -0.25) is 4.99 Å². The predicted octanol–water partition coefficient (Wildman–Crippen LogP) is 4.14. The lowest BCUT2D eigenvalue weighted by Gasteiger charge is -2.12. The van der Waals surface area contributed by atoms with Gasteiger partial charge >= 0.3 is 0 Å². The number of benzene rings is 1. The van der Waals surface area contributed by atoms with E-state index < -0.39 is 0 Å². The van der Waals surface area contributed by atoms with Crippen LogP contribution in [0.3, 0.4) is 0 Å². The topological polar surface area (TPSA) is 49.3 Å². The Morgan fingerprint density at radius 1 is 1.30 bits per heavy atom. The molecule has 126 valence electrons. The van der Waals surface area contributed by atoms with Crippen LogP contribution in [-0.4, -0.2) is 18.0 Å². The molecular weight excluding hydrogens is 494 g/mol. The molecule has 0 aliphatic rings. The number of guanidine groups is 1. The van der Waals surface area contributed by atoms with Gasteiger partial charge in [0.25, 0.3) is 0 Å². The second-order valence-corrected chi connectivity index (χ2v) is 6.90. The van der Waals surface area contributed by atoms with Gasteiger partial charge in [-0.1, -0.05) is 15.9 Å². The van der Waals surface area contributed by atoms with Crippen LogP contribution in [0.1, 0.15) is 21.1 Å². The Kier molecular flexibility index (Phi) is 8.41. The van der Waals surface area contributed by atoms with Crippen LogP contribution in [-0.2, 0) is 13.1 Å². The molecular formula is C15H19BrFIN4S. The van der Waals surface area contributed by atoms with Gasteiger partial charge in [0.15, 0.2) is 5.96 Å². The van der Waals surface area contributed by atoms with Crippen molar-refractivity contribution in [2.24, 2.45) is 4.99 Å². The molecule has 0 saturated heterocycles. The first-order chi connectivity index (χ1) is 10.5. The number of aliphatic imine (C=N–C) groups is 1. The maximum absolute atomic E-state index is 13.3. The Morgan fingerprint density at radius 3 is 2.61 bits per heavy atom. The SMILES string of the molecule is CN=C(NCc1cc(F)ccc1Br)NCc1sc(C)nc1C.I. The fourth-order valence-corrected chi connectivity index (χ4v) is 3.24. The molecule has 0 spiro atoms. The summed E-state index contributed by atoms with van der Waals surface area (Å²) in [5, 5.41) is 7.48. The number of hydrogen-bond acceptors (Lipinski definition) is 3. The Hall–Kier alpha value is -0.740. The first-order valence-corrected chi connectivity index (χ1v) is 8.42. The van der Waals surface area contributed by atoms with Gasteiger partial charge in [-0.25, -0.2) is 9.37 Å². The molecule has 1 aromatic carbocycles. The minimum atomic E-state index is -0.251. The third kappa shape index (κ3) is 6.00. The second kappa shape index (κ2) is 9.53. The number of aryl methyl sites for hydroxylation is 2. The van der Waals surface area contributed by atoms with Gasteiger partial charge in [0.05, 0.1) is 17.2 Å². The number of nitrogens with zero attached hydrogens (tertiary/aromatic N) is 2. The summed E-state index contributed by atoms with van der Waals surface area (Å²) in [7, 11) is 1.71. The van der Waals surface area contributed by atoms with Crippen molar-refractivity contribution in [3.63, 3.8) is 0 Å². The highest BCUT2D eigenvalue weighted by atomic mass is 127. The maximum Gasteiger partial charge on any atom is 0.191 e. The average molecular weight is 513 g/mol.